The second-order valence-electron chi connectivity index (χ2n) is 7.56. The van der Waals surface area contributed by atoms with Crippen molar-refractivity contribution in [1.82, 2.24) is 10.2 Å². The average molecular weight is 397 g/mol. The number of nitrogens with zero attached hydrogens (tertiary/aromatic N) is 1. The predicted octanol–water partition coefficient (Wildman–Crippen LogP) is 4.05. The number of hydrogen-bond acceptors (Lipinski definition) is 3. The number of likely N-dealkylation sites (N-methyl/N-ethyl adjacent to an activating group) is 1. The monoisotopic (exact) mass is 396 g/mol. The topological polar surface area (TPSA) is 58.6 Å². The van der Waals surface area contributed by atoms with Gasteiger partial charge < -0.3 is 15.0 Å². The van der Waals surface area contributed by atoms with Crippen LogP contribution in [0.4, 0.5) is 0 Å². The van der Waals surface area contributed by atoms with Gasteiger partial charge in [-0.15, -0.1) is 0 Å². The molecule has 0 radical (unpaired) electrons. The highest BCUT2D eigenvalue weighted by Gasteiger charge is 2.26. The van der Waals surface area contributed by atoms with Crippen LogP contribution in [0.2, 0.25) is 0 Å². The molecular weight excluding hydrogens is 364 g/mol. The summed E-state index contributed by atoms with van der Waals surface area (Å²) < 4.78 is 5.86. The smallest absolute Gasteiger partial charge is 0.261 e. The van der Waals surface area contributed by atoms with Crippen molar-refractivity contribution in [2.45, 2.75) is 53.1 Å². The van der Waals surface area contributed by atoms with E-state index in [-0.39, 0.29) is 18.4 Å². The van der Waals surface area contributed by atoms with Gasteiger partial charge in [-0.05, 0) is 43.9 Å². The van der Waals surface area contributed by atoms with Crippen molar-refractivity contribution < 1.29 is 14.3 Å². The van der Waals surface area contributed by atoms with Crippen molar-refractivity contribution in [3.63, 3.8) is 0 Å². The molecule has 0 unspecified atom stereocenters. The molecular formula is C24H32N2O3. The molecule has 2 rings (SSSR count). The first-order chi connectivity index (χ1) is 13.8. The van der Waals surface area contributed by atoms with E-state index in [2.05, 4.69) is 19.2 Å². The highest BCUT2D eigenvalue weighted by molar-refractivity contribution is 5.87. The summed E-state index contributed by atoms with van der Waals surface area (Å²) in [5.74, 6) is 0.606. The van der Waals surface area contributed by atoms with E-state index in [0.29, 0.717) is 24.8 Å². The molecule has 0 aliphatic rings. The van der Waals surface area contributed by atoms with E-state index >= 15 is 0 Å². The minimum atomic E-state index is -0.590. The highest BCUT2D eigenvalue weighted by atomic mass is 16.5. The first-order valence-corrected chi connectivity index (χ1v) is 10.2. The quantitative estimate of drug-likeness (QED) is 0.696. The maximum Gasteiger partial charge on any atom is 0.261 e. The fourth-order valence-corrected chi connectivity index (χ4v) is 3.11. The molecule has 0 saturated heterocycles. The SMILES string of the molecule is CCNC(=O)[C@H](C)N(Cc1ccc(C)cc1)C(=O)COc1ccccc1C(C)C. The number of aryl methyl sites for hydroxylation is 1. The zero-order valence-corrected chi connectivity index (χ0v) is 18.1. The van der Waals surface area contributed by atoms with Crippen LogP contribution < -0.4 is 10.1 Å². The van der Waals surface area contributed by atoms with E-state index in [1.165, 1.54) is 0 Å². The minimum absolute atomic E-state index is 0.112. The molecule has 2 aromatic rings. The van der Waals surface area contributed by atoms with Crippen molar-refractivity contribution in [2.24, 2.45) is 0 Å². The Morgan fingerprint density at radius 3 is 2.31 bits per heavy atom. The van der Waals surface area contributed by atoms with Crippen LogP contribution in [-0.2, 0) is 16.1 Å². The Balaban J connectivity index is 2.17. The molecule has 0 aliphatic carbocycles. The predicted molar refractivity (Wildman–Crippen MR) is 116 cm³/mol. The van der Waals surface area contributed by atoms with Gasteiger partial charge in [-0.1, -0.05) is 61.9 Å². The Labute approximate surface area is 174 Å². The first-order valence-electron chi connectivity index (χ1n) is 10.2. The third kappa shape index (κ3) is 6.34. The zero-order valence-electron chi connectivity index (χ0n) is 18.1. The fourth-order valence-electron chi connectivity index (χ4n) is 3.11. The Kier molecular flexibility index (Phi) is 8.25. The van der Waals surface area contributed by atoms with Gasteiger partial charge in [0.25, 0.3) is 5.91 Å². The number of nitrogens with one attached hydrogen (secondary N) is 1. The number of para-hydroxylation sites is 1. The number of rotatable bonds is 9. The van der Waals surface area contributed by atoms with Crippen molar-refractivity contribution in [3.05, 3.63) is 65.2 Å². The molecule has 156 valence electrons. The number of amides is 2. The summed E-state index contributed by atoms with van der Waals surface area (Å²) in [7, 11) is 0. The maximum absolute atomic E-state index is 13.0. The molecule has 0 aromatic heterocycles. The average Bonchev–Trinajstić information content (AvgIpc) is 2.71. The van der Waals surface area contributed by atoms with Gasteiger partial charge >= 0.3 is 0 Å². The van der Waals surface area contributed by atoms with Crippen molar-refractivity contribution in [2.75, 3.05) is 13.2 Å². The van der Waals surface area contributed by atoms with E-state index in [1.54, 1.807) is 11.8 Å². The van der Waals surface area contributed by atoms with Gasteiger partial charge in [0.15, 0.2) is 6.61 Å². The molecule has 1 N–H and O–H groups in total. The molecule has 0 bridgehead atoms. The summed E-state index contributed by atoms with van der Waals surface area (Å²) in [4.78, 5) is 27.0. The van der Waals surface area contributed by atoms with E-state index < -0.39 is 6.04 Å². The molecule has 1 atom stereocenters. The lowest BCUT2D eigenvalue weighted by Gasteiger charge is -2.29. The molecule has 29 heavy (non-hydrogen) atoms. The normalized spacial score (nSPS) is 11.8. The van der Waals surface area contributed by atoms with Gasteiger partial charge in [0.05, 0.1) is 0 Å². The summed E-state index contributed by atoms with van der Waals surface area (Å²) in [6.07, 6.45) is 0. The van der Waals surface area contributed by atoms with Gasteiger partial charge in [-0.2, -0.15) is 0 Å². The van der Waals surface area contributed by atoms with E-state index in [9.17, 15) is 9.59 Å². The van der Waals surface area contributed by atoms with Crippen molar-refractivity contribution in [1.29, 1.82) is 0 Å². The van der Waals surface area contributed by atoms with Crippen LogP contribution in [0.3, 0.4) is 0 Å². The lowest BCUT2D eigenvalue weighted by atomic mass is 10.0. The number of benzene rings is 2. The van der Waals surface area contributed by atoms with Crippen LogP contribution in [0.15, 0.2) is 48.5 Å². The van der Waals surface area contributed by atoms with Crippen LogP contribution in [-0.4, -0.2) is 35.9 Å². The van der Waals surface area contributed by atoms with E-state index in [4.69, 9.17) is 4.74 Å². The standard InChI is InChI=1S/C24H32N2O3/c1-6-25-24(28)19(5)26(15-20-13-11-18(4)12-14-20)23(27)16-29-22-10-8-7-9-21(22)17(2)3/h7-14,17,19H,6,15-16H2,1-5H3,(H,25,28)/t19-/m0/s1. The van der Waals surface area contributed by atoms with Crippen LogP contribution in [0.25, 0.3) is 0 Å². The Morgan fingerprint density at radius 1 is 1.03 bits per heavy atom. The molecule has 5 nitrogen and oxygen atoms in total. The van der Waals surface area contributed by atoms with Gasteiger partial charge in [0.1, 0.15) is 11.8 Å². The second kappa shape index (κ2) is 10.6. The van der Waals surface area contributed by atoms with Crippen LogP contribution in [0.5, 0.6) is 5.75 Å². The van der Waals surface area contributed by atoms with Crippen LogP contribution >= 0.6 is 0 Å². The Bertz CT molecular complexity index is 815. The number of carbonyl (C=O) groups is 2. The molecule has 5 heteroatoms. The van der Waals surface area contributed by atoms with E-state index in [1.807, 2.05) is 62.4 Å². The number of carbonyl (C=O) groups excluding carboxylic acids is 2. The van der Waals surface area contributed by atoms with Gasteiger partial charge in [0, 0.05) is 13.1 Å². The highest BCUT2D eigenvalue weighted by Crippen LogP contribution is 2.26. The van der Waals surface area contributed by atoms with Gasteiger partial charge in [-0.3, -0.25) is 9.59 Å². The third-order valence-corrected chi connectivity index (χ3v) is 4.88. The minimum Gasteiger partial charge on any atom is -0.483 e. The summed E-state index contributed by atoms with van der Waals surface area (Å²) in [6.45, 7) is 10.6. The molecule has 0 fully saturated rings. The summed E-state index contributed by atoms with van der Waals surface area (Å²) in [5, 5.41) is 2.80. The lowest BCUT2D eigenvalue weighted by molar-refractivity contribution is -0.142. The maximum atomic E-state index is 13.0. The molecule has 0 heterocycles. The summed E-state index contributed by atoms with van der Waals surface area (Å²) in [5.41, 5.74) is 3.18. The largest absolute Gasteiger partial charge is 0.483 e. The van der Waals surface area contributed by atoms with Gasteiger partial charge in [0.2, 0.25) is 5.91 Å². The molecule has 0 aliphatic heterocycles. The molecule has 2 aromatic carbocycles. The fraction of sp³-hybridized carbons (Fsp3) is 0.417. The lowest BCUT2D eigenvalue weighted by Crippen LogP contribution is -2.49. The molecule has 0 spiro atoms. The number of hydrogen-bond donors (Lipinski definition) is 1. The summed E-state index contributed by atoms with van der Waals surface area (Å²) in [6, 6.07) is 15.1. The molecule has 0 saturated carbocycles. The van der Waals surface area contributed by atoms with Crippen molar-refractivity contribution >= 4 is 11.8 Å². The van der Waals surface area contributed by atoms with Gasteiger partial charge in [-0.25, -0.2) is 0 Å². The Morgan fingerprint density at radius 2 is 1.69 bits per heavy atom. The van der Waals surface area contributed by atoms with Crippen molar-refractivity contribution in [3.8, 4) is 5.75 Å². The first kappa shape index (κ1) is 22.5. The van der Waals surface area contributed by atoms with Crippen LogP contribution in [0.1, 0.15) is 50.3 Å². The number of ether oxygens (including phenoxy) is 1. The van der Waals surface area contributed by atoms with E-state index in [0.717, 1.165) is 16.7 Å². The second-order valence-corrected chi connectivity index (χ2v) is 7.56. The zero-order chi connectivity index (χ0) is 21.4. The molecule has 2 amide bonds. The summed E-state index contributed by atoms with van der Waals surface area (Å²) >= 11 is 0. The third-order valence-electron chi connectivity index (χ3n) is 4.88. The Hall–Kier alpha value is -2.82. The van der Waals surface area contributed by atoms with Crippen LogP contribution in [0, 0.1) is 6.92 Å².